The topological polar surface area (TPSA) is 159 Å². The van der Waals surface area contributed by atoms with E-state index in [1.807, 2.05) is 13.0 Å². The number of sulfonamides is 1. The summed E-state index contributed by atoms with van der Waals surface area (Å²) < 4.78 is 28.8. The van der Waals surface area contributed by atoms with Gasteiger partial charge in [-0.1, -0.05) is 17.7 Å². The maximum absolute atomic E-state index is 12.7. The molecule has 0 amide bonds. The molecule has 0 unspecified atom stereocenters. The van der Waals surface area contributed by atoms with E-state index < -0.39 is 27.2 Å². The normalized spacial score (nSPS) is 11.7. The third-order valence-electron chi connectivity index (χ3n) is 5.41. The van der Waals surface area contributed by atoms with Crippen LogP contribution < -0.4 is 16.0 Å². The molecule has 0 saturated carbocycles. The number of nitrogens with one attached hydrogen (secondary N) is 2. The summed E-state index contributed by atoms with van der Waals surface area (Å²) in [7, 11) is -3.95. The van der Waals surface area contributed by atoms with Crippen LogP contribution in [0.4, 0.5) is 11.6 Å². The van der Waals surface area contributed by atoms with Crippen LogP contribution in [0.3, 0.4) is 0 Å². The second kappa shape index (κ2) is 9.82. The Bertz CT molecular complexity index is 1740. The van der Waals surface area contributed by atoms with Gasteiger partial charge in [-0.05, 0) is 69.7 Å². The Morgan fingerprint density at radius 1 is 0.973 bits per heavy atom. The van der Waals surface area contributed by atoms with Gasteiger partial charge in [-0.15, -0.1) is 0 Å². The van der Waals surface area contributed by atoms with Crippen LogP contribution in [0, 0.1) is 27.7 Å². The Labute approximate surface area is 212 Å². The molecule has 2 aromatic carbocycles. The monoisotopic (exact) mass is 520 g/mol. The van der Waals surface area contributed by atoms with Crippen LogP contribution >= 0.6 is 0 Å². The van der Waals surface area contributed by atoms with Crippen LogP contribution in [-0.2, 0) is 10.0 Å². The molecule has 0 saturated heterocycles. The predicted octanol–water partition coefficient (Wildman–Crippen LogP) is 2.81. The molecule has 12 heteroatoms. The van der Waals surface area contributed by atoms with E-state index in [-0.39, 0.29) is 16.4 Å². The van der Waals surface area contributed by atoms with Gasteiger partial charge in [0.15, 0.2) is 0 Å². The molecule has 4 rings (SSSR count). The average Bonchev–Trinajstić information content (AvgIpc) is 2.79. The maximum Gasteiger partial charge on any atom is 0.335 e. The lowest BCUT2D eigenvalue weighted by molar-refractivity contribution is 0.430. The fraction of sp³-hybridized carbons (Fsp3) is 0.160. The van der Waals surface area contributed by atoms with Crippen molar-refractivity contribution in [2.45, 2.75) is 32.6 Å². The maximum atomic E-state index is 12.7. The number of H-pyrrole nitrogens is 1. The number of aromatic nitrogens is 4. The molecule has 0 fully saturated rings. The number of nitrogens with zero attached hydrogens (tertiary/aromatic N) is 4. The summed E-state index contributed by atoms with van der Waals surface area (Å²) in [5.41, 5.74) is 1.83. The van der Waals surface area contributed by atoms with E-state index in [0.717, 1.165) is 21.9 Å². The second-order valence-electron chi connectivity index (χ2n) is 8.45. The van der Waals surface area contributed by atoms with Crippen molar-refractivity contribution in [3.8, 4) is 11.6 Å². The molecule has 37 heavy (non-hydrogen) atoms. The molecule has 0 radical (unpaired) electrons. The molecule has 11 nitrogen and oxygen atoms in total. The molecule has 4 aromatic rings. The Balaban J connectivity index is 1.63. The summed E-state index contributed by atoms with van der Waals surface area (Å²) in [6.45, 7) is 7.14. The first-order valence-electron chi connectivity index (χ1n) is 11.1. The highest BCUT2D eigenvalue weighted by molar-refractivity contribution is 7.92. The molecule has 0 atom stereocenters. The zero-order valence-corrected chi connectivity index (χ0v) is 21.3. The molecule has 2 heterocycles. The number of hydrogen-bond donors (Lipinski definition) is 3. The molecule has 2 aromatic heterocycles. The first kappa shape index (κ1) is 25.5. The Hall–Kier alpha value is -4.58. The van der Waals surface area contributed by atoms with Gasteiger partial charge in [-0.25, -0.2) is 32.5 Å². The molecule has 0 aliphatic heterocycles. The van der Waals surface area contributed by atoms with Gasteiger partial charge >= 0.3 is 5.69 Å². The van der Waals surface area contributed by atoms with Crippen LogP contribution in [0.2, 0.25) is 0 Å². The van der Waals surface area contributed by atoms with Gasteiger partial charge < -0.3 is 5.11 Å². The zero-order chi connectivity index (χ0) is 26.9. The summed E-state index contributed by atoms with van der Waals surface area (Å²) in [6, 6.07) is 12.5. The fourth-order valence-electron chi connectivity index (χ4n) is 3.74. The molecule has 0 aliphatic carbocycles. The van der Waals surface area contributed by atoms with Gasteiger partial charge in [-0.3, -0.25) is 14.8 Å². The van der Waals surface area contributed by atoms with Crippen molar-refractivity contribution in [1.29, 1.82) is 0 Å². The third kappa shape index (κ3) is 5.48. The second-order valence-corrected chi connectivity index (χ2v) is 10.1. The third-order valence-corrected chi connectivity index (χ3v) is 6.76. The van der Waals surface area contributed by atoms with Crippen LogP contribution in [0.25, 0.3) is 5.69 Å². The minimum atomic E-state index is -3.95. The Morgan fingerprint density at radius 3 is 2.24 bits per heavy atom. The van der Waals surface area contributed by atoms with E-state index in [1.165, 1.54) is 24.3 Å². The van der Waals surface area contributed by atoms with Crippen LogP contribution in [0.1, 0.15) is 28.1 Å². The van der Waals surface area contributed by atoms with Crippen LogP contribution in [0.5, 0.6) is 5.88 Å². The minimum absolute atomic E-state index is 0.0340. The van der Waals surface area contributed by atoms with Crippen molar-refractivity contribution in [2.75, 3.05) is 4.72 Å². The highest BCUT2D eigenvalue weighted by Gasteiger charge is 2.17. The van der Waals surface area contributed by atoms with Crippen LogP contribution in [0.15, 0.2) is 68.0 Å². The standard InChI is InChI=1S/C25H24N6O5S/c1-14-5-10-21(15(2)11-14)31-23(33)20(22(32)29-25(31)34)13-26-18-6-8-19(9-7-18)37(35,36)30-24-27-16(3)12-17(4)28-24/h5-13,33H,1-4H3,(H,27,28,30)(H,29,32,34). The highest BCUT2D eigenvalue weighted by atomic mass is 32.2. The molecule has 190 valence electrons. The molecule has 3 N–H and O–H groups in total. The zero-order valence-electron chi connectivity index (χ0n) is 20.5. The van der Waals surface area contributed by atoms with E-state index >= 15 is 0 Å². The quantitative estimate of drug-likeness (QED) is 0.330. The SMILES string of the molecule is Cc1ccc(-n2c(O)c(C=Nc3ccc(S(=O)(=O)Nc4nc(C)cc(C)n4)cc3)c(=O)[nH]c2=O)c(C)c1. The first-order chi connectivity index (χ1) is 17.4. The molecule has 0 aliphatic rings. The summed E-state index contributed by atoms with van der Waals surface area (Å²) >= 11 is 0. The minimum Gasteiger partial charge on any atom is -0.493 e. The van der Waals surface area contributed by atoms with Gasteiger partial charge in [0.25, 0.3) is 15.6 Å². The van der Waals surface area contributed by atoms with Crippen molar-refractivity contribution in [2.24, 2.45) is 4.99 Å². The Morgan fingerprint density at radius 2 is 1.62 bits per heavy atom. The lowest BCUT2D eigenvalue weighted by atomic mass is 10.1. The number of aliphatic imine (C=N–C) groups is 1. The van der Waals surface area contributed by atoms with Gasteiger partial charge in [0.2, 0.25) is 11.8 Å². The molecular formula is C25H24N6O5S. The number of benzene rings is 2. The lowest BCUT2D eigenvalue weighted by Gasteiger charge is -2.12. The molecule has 0 spiro atoms. The first-order valence-corrected chi connectivity index (χ1v) is 12.6. The fourth-order valence-corrected chi connectivity index (χ4v) is 4.68. The van der Waals surface area contributed by atoms with E-state index in [2.05, 4.69) is 24.7 Å². The van der Waals surface area contributed by atoms with Crippen molar-refractivity contribution in [3.63, 3.8) is 0 Å². The summed E-state index contributed by atoms with van der Waals surface area (Å²) in [6.07, 6.45) is 1.11. The summed E-state index contributed by atoms with van der Waals surface area (Å²) in [5.74, 6) is -0.602. The smallest absolute Gasteiger partial charge is 0.335 e. The summed E-state index contributed by atoms with van der Waals surface area (Å²) in [4.78, 5) is 39.3. The van der Waals surface area contributed by atoms with Crippen molar-refractivity contribution in [3.05, 3.63) is 97.4 Å². The van der Waals surface area contributed by atoms with Gasteiger partial charge in [0.05, 0.1) is 16.3 Å². The van der Waals surface area contributed by atoms with Crippen LogP contribution in [-0.4, -0.2) is 39.3 Å². The lowest BCUT2D eigenvalue weighted by Crippen LogP contribution is -2.31. The van der Waals surface area contributed by atoms with Crippen molar-refractivity contribution < 1.29 is 13.5 Å². The molecular weight excluding hydrogens is 496 g/mol. The van der Waals surface area contributed by atoms with Gasteiger partial charge in [0.1, 0.15) is 5.56 Å². The number of aromatic amines is 1. The van der Waals surface area contributed by atoms with Gasteiger partial charge in [-0.2, -0.15) is 0 Å². The number of aryl methyl sites for hydroxylation is 4. The van der Waals surface area contributed by atoms with Crippen molar-refractivity contribution in [1.82, 2.24) is 19.5 Å². The van der Waals surface area contributed by atoms with E-state index in [4.69, 9.17) is 0 Å². The number of hydrogen-bond acceptors (Lipinski definition) is 8. The average molecular weight is 521 g/mol. The summed E-state index contributed by atoms with van der Waals surface area (Å²) in [5, 5.41) is 10.8. The largest absolute Gasteiger partial charge is 0.493 e. The van der Waals surface area contributed by atoms with E-state index in [0.29, 0.717) is 22.8 Å². The highest BCUT2D eigenvalue weighted by Crippen LogP contribution is 2.22. The predicted molar refractivity (Wildman–Crippen MR) is 140 cm³/mol. The van der Waals surface area contributed by atoms with E-state index in [1.54, 1.807) is 39.0 Å². The number of aromatic hydroxyl groups is 1. The number of rotatable bonds is 6. The van der Waals surface area contributed by atoms with Crippen molar-refractivity contribution >= 4 is 27.9 Å². The van der Waals surface area contributed by atoms with E-state index in [9.17, 15) is 23.1 Å². The Kier molecular flexibility index (Phi) is 6.77. The number of anilines is 1. The molecule has 0 bridgehead atoms. The van der Waals surface area contributed by atoms with Gasteiger partial charge in [0, 0.05) is 17.6 Å².